The van der Waals surface area contributed by atoms with Crippen molar-refractivity contribution in [1.82, 2.24) is 4.90 Å². The summed E-state index contributed by atoms with van der Waals surface area (Å²) in [6, 6.07) is 4.20. The van der Waals surface area contributed by atoms with E-state index in [9.17, 15) is 5.26 Å². The minimum Gasteiger partial charge on any atom is -0.396 e. The summed E-state index contributed by atoms with van der Waals surface area (Å²) < 4.78 is 0. The molecule has 0 amide bonds. The zero-order chi connectivity index (χ0) is 13.8. The van der Waals surface area contributed by atoms with E-state index in [2.05, 4.69) is 28.9 Å². The van der Waals surface area contributed by atoms with Gasteiger partial charge < -0.3 is 10.6 Å². The quantitative estimate of drug-likeness (QED) is 0.906. The molecule has 1 aliphatic heterocycles. The Morgan fingerprint density at radius 1 is 1.21 bits per heavy atom. The highest BCUT2D eigenvalue weighted by Gasteiger charge is 2.23. The molecule has 6 heteroatoms. The van der Waals surface area contributed by atoms with Gasteiger partial charge >= 0.3 is 0 Å². The van der Waals surface area contributed by atoms with Crippen molar-refractivity contribution in [3.05, 3.63) is 10.4 Å². The SMILES string of the molecule is CCCN1CCN(c2sc(C#N)c(N)c2C#N)CC1. The van der Waals surface area contributed by atoms with Crippen LogP contribution in [0, 0.1) is 22.7 Å². The van der Waals surface area contributed by atoms with Gasteiger partial charge in [0.2, 0.25) is 0 Å². The number of anilines is 2. The molecule has 2 N–H and O–H groups in total. The van der Waals surface area contributed by atoms with Gasteiger partial charge in [-0.3, -0.25) is 4.90 Å². The molecule has 0 radical (unpaired) electrons. The highest BCUT2D eigenvalue weighted by Crippen LogP contribution is 2.37. The largest absolute Gasteiger partial charge is 0.396 e. The molecule has 1 saturated heterocycles. The molecule has 1 aromatic rings. The van der Waals surface area contributed by atoms with Crippen molar-refractivity contribution in [1.29, 1.82) is 10.5 Å². The Hall–Kier alpha value is -1.76. The third-order valence-electron chi connectivity index (χ3n) is 3.34. The van der Waals surface area contributed by atoms with Gasteiger partial charge in [0.05, 0.1) is 5.69 Å². The van der Waals surface area contributed by atoms with Crippen LogP contribution >= 0.6 is 11.3 Å². The van der Waals surface area contributed by atoms with Gasteiger partial charge in [0.1, 0.15) is 27.6 Å². The second-order valence-corrected chi connectivity index (χ2v) is 5.58. The first-order valence-electron chi connectivity index (χ1n) is 6.41. The van der Waals surface area contributed by atoms with E-state index in [0.717, 1.165) is 44.1 Å². The standard InChI is InChI=1S/C13H17N5S/c1-2-3-17-4-6-18(7-5-17)13-10(8-14)12(16)11(9-15)19-13/h2-7,16H2,1H3. The Morgan fingerprint density at radius 3 is 2.42 bits per heavy atom. The number of hydrogen-bond donors (Lipinski definition) is 1. The molecule has 1 fully saturated rings. The first kappa shape index (κ1) is 13.7. The van der Waals surface area contributed by atoms with E-state index < -0.39 is 0 Å². The highest BCUT2D eigenvalue weighted by atomic mass is 32.1. The second kappa shape index (κ2) is 5.92. The first-order valence-corrected chi connectivity index (χ1v) is 7.22. The van der Waals surface area contributed by atoms with Crippen LogP contribution in [-0.2, 0) is 0 Å². The van der Waals surface area contributed by atoms with Gasteiger partial charge in [0.25, 0.3) is 0 Å². The number of nitrogen functional groups attached to an aromatic ring is 1. The summed E-state index contributed by atoms with van der Waals surface area (Å²) in [5.41, 5.74) is 6.63. The summed E-state index contributed by atoms with van der Waals surface area (Å²) in [5, 5.41) is 19.1. The summed E-state index contributed by atoms with van der Waals surface area (Å²) in [5.74, 6) is 0. The average Bonchev–Trinajstić information content (AvgIpc) is 2.76. The second-order valence-electron chi connectivity index (χ2n) is 4.58. The molecule has 2 heterocycles. The molecule has 0 bridgehead atoms. The fourth-order valence-electron chi connectivity index (χ4n) is 2.34. The molecule has 5 nitrogen and oxygen atoms in total. The number of nitrogens with two attached hydrogens (primary N) is 1. The van der Waals surface area contributed by atoms with Gasteiger partial charge in [-0.2, -0.15) is 10.5 Å². The van der Waals surface area contributed by atoms with Gasteiger partial charge in [-0.25, -0.2) is 0 Å². The molecule has 0 aliphatic carbocycles. The Morgan fingerprint density at radius 2 is 1.89 bits per heavy atom. The number of thiophene rings is 1. The molecule has 0 spiro atoms. The molecule has 19 heavy (non-hydrogen) atoms. The van der Waals surface area contributed by atoms with E-state index in [1.54, 1.807) is 0 Å². The monoisotopic (exact) mass is 275 g/mol. The highest BCUT2D eigenvalue weighted by molar-refractivity contribution is 7.17. The minimum atomic E-state index is 0.334. The summed E-state index contributed by atoms with van der Waals surface area (Å²) in [6.45, 7) is 7.07. The van der Waals surface area contributed by atoms with Crippen LogP contribution in [0.25, 0.3) is 0 Å². The molecule has 0 saturated carbocycles. The molecule has 1 aromatic heterocycles. The minimum absolute atomic E-state index is 0.334. The van der Waals surface area contributed by atoms with Crippen molar-refractivity contribution >= 4 is 22.0 Å². The average molecular weight is 275 g/mol. The predicted octanol–water partition coefficient (Wildman–Crippen LogP) is 1.61. The third kappa shape index (κ3) is 2.65. The predicted molar refractivity (Wildman–Crippen MR) is 77.1 cm³/mol. The van der Waals surface area contributed by atoms with Gasteiger partial charge in [-0.05, 0) is 13.0 Å². The summed E-state index contributed by atoms with van der Waals surface area (Å²) in [4.78, 5) is 5.04. The Labute approximate surface area is 117 Å². The zero-order valence-corrected chi connectivity index (χ0v) is 11.8. The van der Waals surface area contributed by atoms with Crippen molar-refractivity contribution in [2.75, 3.05) is 43.4 Å². The lowest BCUT2D eigenvalue weighted by molar-refractivity contribution is 0.259. The number of piperazine rings is 1. The van der Waals surface area contributed by atoms with Crippen LogP contribution in [0.4, 0.5) is 10.7 Å². The molecule has 100 valence electrons. The van der Waals surface area contributed by atoms with E-state index in [-0.39, 0.29) is 0 Å². The zero-order valence-electron chi connectivity index (χ0n) is 11.0. The number of nitrogens with zero attached hydrogens (tertiary/aromatic N) is 4. The fourth-order valence-corrected chi connectivity index (χ4v) is 3.36. The maximum atomic E-state index is 9.21. The third-order valence-corrected chi connectivity index (χ3v) is 4.51. The van der Waals surface area contributed by atoms with Gasteiger partial charge in [0, 0.05) is 26.2 Å². The van der Waals surface area contributed by atoms with Crippen molar-refractivity contribution in [3.8, 4) is 12.1 Å². The molecule has 0 atom stereocenters. The molecule has 1 aliphatic rings. The maximum Gasteiger partial charge on any atom is 0.131 e. The smallest absolute Gasteiger partial charge is 0.131 e. The Bertz CT molecular complexity index is 528. The number of nitriles is 2. The topological polar surface area (TPSA) is 80.1 Å². The Balaban J connectivity index is 2.16. The summed E-state index contributed by atoms with van der Waals surface area (Å²) >= 11 is 1.33. The van der Waals surface area contributed by atoms with Crippen LogP contribution < -0.4 is 10.6 Å². The molecule has 0 aromatic carbocycles. The number of rotatable bonds is 3. The Kier molecular flexibility index (Phi) is 4.26. The van der Waals surface area contributed by atoms with Gasteiger partial charge in [0.15, 0.2) is 0 Å². The first-order chi connectivity index (χ1) is 9.21. The van der Waals surface area contributed by atoms with Crippen molar-refractivity contribution in [3.63, 3.8) is 0 Å². The normalized spacial score (nSPS) is 16.1. The summed E-state index contributed by atoms with van der Waals surface area (Å²) in [6.07, 6.45) is 1.16. The molecular weight excluding hydrogens is 258 g/mol. The van der Waals surface area contributed by atoms with Gasteiger partial charge in [-0.15, -0.1) is 11.3 Å². The molecule has 2 rings (SSSR count). The summed E-state index contributed by atoms with van der Waals surface area (Å²) in [7, 11) is 0. The van der Waals surface area contributed by atoms with Crippen LogP contribution in [0.3, 0.4) is 0 Å². The lowest BCUT2D eigenvalue weighted by Crippen LogP contribution is -2.46. The molecule has 0 unspecified atom stereocenters. The van der Waals surface area contributed by atoms with Crippen molar-refractivity contribution < 1.29 is 0 Å². The van der Waals surface area contributed by atoms with Crippen molar-refractivity contribution in [2.24, 2.45) is 0 Å². The fraction of sp³-hybridized carbons (Fsp3) is 0.538. The van der Waals surface area contributed by atoms with E-state index >= 15 is 0 Å². The number of hydrogen-bond acceptors (Lipinski definition) is 6. The maximum absolute atomic E-state index is 9.21. The van der Waals surface area contributed by atoms with Crippen LogP contribution in [0.2, 0.25) is 0 Å². The lowest BCUT2D eigenvalue weighted by Gasteiger charge is -2.35. The van der Waals surface area contributed by atoms with E-state index in [1.807, 2.05) is 0 Å². The van der Waals surface area contributed by atoms with Crippen LogP contribution in [0.5, 0.6) is 0 Å². The van der Waals surface area contributed by atoms with Crippen molar-refractivity contribution in [2.45, 2.75) is 13.3 Å². The van der Waals surface area contributed by atoms with E-state index in [4.69, 9.17) is 11.0 Å². The van der Waals surface area contributed by atoms with E-state index in [1.165, 1.54) is 11.3 Å². The van der Waals surface area contributed by atoms with Crippen LogP contribution in [0.1, 0.15) is 23.8 Å². The van der Waals surface area contributed by atoms with E-state index in [0.29, 0.717) is 16.1 Å². The molecular formula is C13H17N5S. The van der Waals surface area contributed by atoms with Gasteiger partial charge in [-0.1, -0.05) is 6.92 Å². The van der Waals surface area contributed by atoms with Crippen LogP contribution in [0.15, 0.2) is 0 Å². The lowest BCUT2D eigenvalue weighted by atomic mass is 10.2. The van der Waals surface area contributed by atoms with Crippen LogP contribution in [-0.4, -0.2) is 37.6 Å².